The number of hydrogen-bond donors (Lipinski definition) is 2. The van der Waals surface area contributed by atoms with Gasteiger partial charge in [0.2, 0.25) is 11.8 Å². The van der Waals surface area contributed by atoms with Gasteiger partial charge in [0.15, 0.2) is 0 Å². The predicted octanol–water partition coefficient (Wildman–Crippen LogP) is 3.30. The quantitative estimate of drug-likeness (QED) is 0.779. The van der Waals surface area contributed by atoms with E-state index >= 15 is 0 Å². The van der Waals surface area contributed by atoms with E-state index in [0.29, 0.717) is 24.7 Å². The Hall–Kier alpha value is -2.87. The molecule has 30 heavy (non-hydrogen) atoms. The van der Waals surface area contributed by atoms with Crippen molar-refractivity contribution in [1.82, 2.24) is 15.4 Å². The maximum atomic E-state index is 12.7. The second-order valence-corrected chi connectivity index (χ2v) is 8.72. The first-order valence-corrected chi connectivity index (χ1v) is 10.1. The largest absolute Gasteiger partial charge is 0.444 e. The normalized spacial score (nSPS) is 20.6. The molecule has 2 amide bonds. The number of carbonyl (C=O) groups excluding carboxylic acids is 2. The SMILES string of the molecule is Cc1cc(NC(=O)C(C)N2C[C@@H](NC(=O)OC(C)(C)C)[C@H](c3ccccc3)C2)on1. The highest BCUT2D eigenvalue weighted by molar-refractivity contribution is 5.93. The van der Waals surface area contributed by atoms with Crippen LogP contribution in [0, 0.1) is 6.92 Å². The minimum Gasteiger partial charge on any atom is -0.444 e. The van der Waals surface area contributed by atoms with Crippen LogP contribution in [-0.2, 0) is 9.53 Å². The molecule has 2 N–H and O–H groups in total. The first kappa shape index (κ1) is 21.8. The van der Waals surface area contributed by atoms with Crippen LogP contribution in [0.5, 0.6) is 0 Å². The molecule has 2 heterocycles. The van der Waals surface area contributed by atoms with Gasteiger partial charge in [0.25, 0.3) is 0 Å². The lowest BCUT2D eigenvalue weighted by Gasteiger charge is -2.24. The Morgan fingerprint density at radius 1 is 1.23 bits per heavy atom. The molecule has 1 aromatic carbocycles. The average Bonchev–Trinajstić information content (AvgIpc) is 3.26. The van der Waals surface area contributed by atoms with Crippen molar-refractivity contribution in [2.24, 2.45) is 0 Å². The van der Waals surface area contributed by atoms with Crippen LogP contribution in [0.1, 0.15) is 44.9 Å². The van der Waals surface area contributed by atoms with Crippen LogP contribution in [0.4, 0.5) is 10.7 Å². The van der Waals surface area contributed by atoms with Crippen molar-refractivity contribution in [2.75, 3.05) is 18.4 Å². The Labute approximate surface area is 176 Å². The summed E-state index contributed by atoms with van der Waals surface area (Å²) < 4.78 is 10.5. The molecule has 1 aliphatic heterocycles. The number of hydrogen-bond acceptors (Lipinski definition) is 6. The molecule has 0 radical (unpaired) electrons. The fourth-order valence-corrected chi connectivity index (χ4v) is 3.61. The molecule has 0 spiro atoms. The monoisotopic (exact) mass is 414 g/mol. The van der Waals surface area contributed by atoms with Gasteiger partial charge in [0, 0.05) is 25.1 Å². The van der Waals surface area contributed by atoms with Crippen LogP contribution in [0.25, 0.3) is 0 Å². The van der Waals surface area contributed by atoms with E-state index in [-0.39, 0.29) is 17.9 Å². The average molecular weight is 415 g/mol. The fraction of sp³-hybridized carbons (Fsp3) is 0.500. The number of benzene rings is 1. The van der Waals surface area contributed by atoms with E-state index < -0.39 is 17.7 Å². The number of amides is 2. The molecule has 0 bridgehead atoms. The van der Waals surface area contributed by atoms with E-state index in [2.05, 4.69) is 20.7 Å². The van der Waals surface area contributed by atoms with Gasteiger partial charge in [-0.1, -0.05) is 35.5 Å². The maximum absolute atomic E-state index is 12.7. The van der Waals surface area contributed by atoms with E-state index in [1.807, 2.05) is 58.0 Å². The number of carbonyl (C=O) groups is 2. The van der Waals surface area contributed by atoms with E-state index in [1.165, 1.54) is 0 Å². The van der Waals surface area contributed by atoms with Crippen molar-refractivity contribution < 1.29 is 18.8 Å². The number of anilines is 1. The summed E-state index contributed by atoms with van der Waals surface area (Å²) in [4.78, 5) is 27.2. The van der Waals surface area contributed by atoms with Crippen LogP contribution in [0.3, 0.4) is 0 Å². The van der Waals surface area contributed by atoms with Gasteiger partial charge in [0.05, 0.1) is 17.8 Å². The highest BCUT2D eigenvalue weighted by Crippen LogP contribution is 2.29. The smallest absolute Gasteiger partial charge is 0.407 e. The van der Waals surface area contributed by atoms with Crippen molar-refractivity contribution in [3.05, 3.63) is 47.7 Å². The Balaban J connectivity index is 1.71. The van der Waals surface area contributed by atoms with Gasteiger partial charge in [0.1, 0.15) is 5.60 Å². The van der Waals surface area contributed by atoms with E-state index in [4.69, 9.17) is 9.26 Å². The fourth-order valence-electron chi connectivity index (χ4n) is 3.61. The van der Waals surface area contributed by atoms with Gasteiger partial charge in [-0.05, 0) is 40.2 Å². The Morgan fingerprint density at radius 2 is 1.93 bits per heavy atom. The molecule has 1 unspecified atom stereocenters. The van der Waals surface area contributed by atoms with Crippen LogP contribution >= 0.6 is 0 Å². The third-order valence-electron chi connectivity index (χ3n) is 5.08. The number of alkyl carbamates (subject to hydrolysis) is 1. The Bertz CT molecular complexity index is 875. The summed E-state index contributed by atoms with van der Waals surface area (Å²) in [5.74, 6) is 0.184. The third-order valence-corrected chi connectivity index (χ3v) is 5.08. The topological polar surface area (TPSA) is 96.7 Å². The third kappa shape index (κ3) is 5.60. The molecule has 1 saturated heterocycles. The molecule has 2 aromatic rings. The van der Waals surface area contributed by atoms with E-state index in [0.717, 1.165) is 5.56 Å². The summed E-state index contributed by atoms with van der Waals surface area (Å²) in [6.07, 6.45) is -0.454. The summed E-state index contributed by atoms with van der Waals surface area (Å²) in [5, 5.41) is 9.54. The van der Waals surface area contributed by atoms with Crippen molar-refractivity contribution in [1.29, 1.82) is 0 Å². The molecular weight excluding hydrogens is 384 g/mol. The first-order chi connectivity index (χ1) is 14.1. The lowest BCUT2D eigenvalue weighted by molar-refractivity contribution is -0.120. The number of nitrogens with zero attached hydrogens (tertiary/aromatic N) is 2. The summed E-state index contributed by atoms with van der Waals surface area (Å²) in [5.41, 5.74) is 1.23. The van der Waals surface area contributed by atoms with Gasteiger partial charge >= 0.3 is 6.09 Å². The first-order valence-electron chi connectivity index (χ1n) is 10.1. The minimum absolute atomic E-state index is 0.0430. The molecule has 8 nitrogen and oxygen atoms in total. The van der Waals surface area contributed by atoms with Crippen LogP contribution in [0.2, 0.25) is 0 Å². The molecule has 162 valence electrons. The molecule has 8 heteroatoms. The zero-order valence-electron chi connectivity index (χ0n) is 18.1. The lowest BCUT2D eigenvalue weighted by Crippen LogP contribution is -2.45. The van der Waals surface area contributed by atoms with Gasteiger partial charge < -0.3 is 14.6 Å². The highest BCUT2D eigenvalue weighted by atomic mass is 16.6. The minimum atomic E-state index is -0.576. The van der Waals surface area contributed by atoms with Gasteiger partial charge in [-0.25, -0.2) is 4.79 Å². The van der Waals surface area contributed by atoms with Crippen molar-refractivity contribution >= 4 is 17.9 Å². The Kier molecular flexibility index (Phi) is 6.45. The molecule has 0 saturated carbocycles. The highest BCUT2D eigenvalue weighted by Gasteiger charge is 2.39. The molecule has 1 aliphatic rings. The van der Waals surface area contributed by atoms with Crippen LogP contribution < -0.4 is 10.6 Å². The van der Waals surface area contributed by atoms with Gasteiger partial charge in [-0.2, -0.15) is 0 Å². The van der Waals surface area contributed by atoms with Crippen LogP contribution in [0.15, 0.2) is 40.9 Å². The number of likely N-dealkylation sites (tertiary alicyclic amines) is 1. The predicted molar refractivity (Wildman–Crippen MR) is 113 cm³/mol. The van der Waals surface area contributed by atoms with Crippen molar-refractivity contribution in [3.8, 4) is 0 Å². The Morgan fingerprint density at radius 3 is 2.53 bits per heavy atom. The van der Waals surface area contributed by atoms with Crippen LogP contribution in [-0.4, -0.2) is 52.8 Å². The van der Waals surface area contributed by atoms with E-state index in [1.54, 1.807) is 13.0 Å². The molecule has 3 rings (SSSR count). The molecule has 3 atom stereocenters. The van der Waals surface area contributed by atoms with E-state index in [9.17, 15) is 9.59 Å². The number of rotatable bonds is 5. The number of aryl methyl sites for hydroxylation is 1. The van der Waals surface area contributed by atoms with Crippen molar-refractivity contribution in [3.63, 3.8) is 0 Å². The maximum Gasteiger partial charge on any atom is 0.407 e. The van der Waals surface area contributed by atoms with Crippen molar-refractivity contribution in [2.45, 2.75) is 58.2 Å². The summed E-state index contributed by atoms with van der Waals surface area (Å²) in [6.45, 7) is 10.3. The lowest BCUT2D eigenvalue weighted by atomic mass is 9.94. The summed E-state index contributed by atoms with van der Waals surface area (Å²) in [6, 6.07) is 11.1. The summed E-state index contributed by atoms with van der Waals surface area (Å²) >= 11 is 0. The summed E-state index contributed by atoms with van der Waals surface area (Å²) in [7, 11) is 0. The standard InChI is InChI=1S/C22H30N4O4/c1-14-11-19(30-25-14)24-20(27)15(2)26-12-17(16-9-7-6-8-10-16)18(13-26)23-21(28)29-22(3,4)5/h6-11,15,17-18H,12-13H2,1-5H3,(H,23,28)(H,24,27)/t15?,17-,18+/m0/s1. The molecule has 0 aliphatic carbocycles. The molecular formula is C22H30N4O4. The second kappa shape index (κ2) is 8.87. The zero-order chi connectivity index (χ0) is 21.9. The second-order valence-electron chi connectivity index (χ2n) is 8.72. The van der Waals surface area contributed by atoms with Gasteiger partial charge in [-0.15, -0.1) is 0 Å². The molecule has 1 aromatic heterocycles. The van der Waals surface area contributed by atoms with Gasteiger partial charge in [-0.3, -0.25) is 15.0 Å². The number of aromatic nitrogens is 1. The number of ether oxygens (including phenoxy) is 1. The molecule has 1 fully saturated rings. The number of nitrogens with one attached hydrogen (secondary N) is 2. The zero-order valence-corrected chi connectivity index (χ0v) is 18.1.